The van der Waals surface area contributed by atoms with Gasteiger partial charge in [-0.25, -0.2) is 4.99 Å². The number of aromatic nitrogens is 2. The maximum atomic E-state index is 13.0. The van der Waals surface area contributed by atoms with Crippen LogP contribution in [-0.4, -0.2) is 28.5 Å². The second-order valence-corrected chi connectivity index (χ2v) is 6.67. The smallest absolute Gasteiger partial charge is 0.316 e. The van der Waals surface area contributed by atoms with E-state index in [2.05, 4.69) is 10.2 Å². The van der Waals surface area contributed by atoms with Crippen LogP contribution < -0.4 is 0 Å². The highest BCUT2D eigenvalue weighted by molar-refractivity contribution is 6.31. The molecule has 0 amide bonds. The van der Waals surface area contributed by atoms with Gasteiger partial charge in [-0.3, -0.25) is 9.89 Å². The molecular formula is C21H18ClN3O2. The molecule has 5 nitrogen and oxygen atoms in total. The lowest BCUT2D eigenvalue weighted by Gasteiger charge is -2.31. The fourth-order valence-electron chi connectivity index (χ4n) is 3.54. The van der Waals surface area contributed by atoms with Crippen LogP contribution in [-0.2, 0) is 9.53 Å². The van der Waals surface area contributed by atoms with Gasteiger partial charge in [0.05, 0.1) is 18.5 Å². The monoisotopic (exact) mass is 379 g/mol. The molecule has 2 unspecified atom stereocenters. The van der Waals surface area contributed by atoms with Crippen molar-refractivity contribution in [1.29, 1.82) is 0 Å². The lowest BCUT2D eigenvalue weighted by atomic mass is 9.75. The number of hydrogen-bond acceptors (Lipinski definition) is 4. The van der Waals surface area contributed by atoms with E-state index in [1.807, 2.05) is 54.6 Å². The van der Waals surface area contributed by atoms with Gasteiger partial charge in [0, 0.05) is 16.5 Å². The van der Waals surface area contributed by atoms with Crippen molar-refractivity contribution >= 4 is 29.1 Å². The highest BCUT2D eigenvalue weighted by Crippen LogP contribution is 2.45. The highest BCUT2D eigenvalue weighted by Gasteiger charge is 2.42. The number of carbonyl (C=O) groups is 1. The summed E-state index contributed by atoms with van der Waals surface area (Å²) >= 11 is 6.51. The van der Waals surface area contributed by atoms with E-state index in [1.165, 1.54) is 0 Å². The Hall–Kier alpha value is -2.92. The minimum atomic E-state index is -0.614. The summed E-state index contributed by atoms with van der Waals surface area (Å²) in [5, 5.41) is 7.68. The topological polar surface area (TPSA) is 67.3 Å². The minimum absolute atomic E-state index is 0.297. The van der Waals surface area contributed by atoms with Crippen LogP contribution in [0.2, 0.25) is 5.02 Å². The number of esters is 1. The number of ether oxygens (including phenoxy) is 1. The van der Waals surface area contributed by atoms with Gasteiger partial charge in [-0.15, -0.1) is 0 Å². The number of nitrogens with one attached hydrogen (secondary N) is 1. The Morgan fingerprint density at radius 3 is 2.59 bits per heavy atom. The molecule has 0 fully saturated rings. The standard InChI is InChI=1S/C21H18ClN3O2/c1-2-27-21(26)18-17(14-10-6-7-11-16(14)22)15-12-23-25-20(15)24-19(18)13-8-4-3-5-9-13/h3-12,17-18H,2H2,1H3,(H,23,25). The maximum absolute atomic E-state index is 13.0. The molecule has 2 heterocycles. The molecule has 0 radical (unpaired) electrons. The zero-order valence-corrected chi connectivity index (χ0v) is 15.5. The Morgan fingerprint density at radius 2 is 1.85 bits per heavy atom. The van der Waals surface area contributed by atoms with E-state index in [9.17, 15) is 4.79 Å². The summed E-state index contributed by atoms with van der Waals surface area (Å²) in [5.74, 6) is -0.632. The Labute approximate surface area is 162 Å². The van der Waals surface area contributed by atoms with Crippen LogP contribution in [0.4, 0.5) is 5.82 Å². The molecule has 6 heteroatoms. The molecule has 1 aliphatic heterocycles. The number of carbonyl (C=O) groups excluding carboxylic acids is 1. The molecule has 4 rings (SSSR count). The van der Waals surface area contributed by atoms with Crippen LogP contribution in [0.15, 0.2) is 65.8 Å². The van der Waals surface area contributed by atoms with E-state index in [-0.39, 0.29) is 11.9 Å². The molecule has 1 aliphatic rings. The quantitative estimate of drug-likeness (QED) is 0.678. The number of nitrogens with zero attached hydrogens (tertiary/aromatic N) is 2. The SMILES string of the molecule is CCOC(=O)C1C(c2ccccc2)=Nc2[nH]ncc2C1c1ccccc1Cl. The van der Waals surface area contributed by atoms with Crippen LogP contribution in [0, 0.1) is 5.92 Å². The van der Waals surface area contributed by atoms with Crippen molar-refractivity contribution < 1.29 is 9.53 Å². The number of fused-ring (bicyclic) bond motifs is 1. The first-order valence-electron chi connectivity index (χ1n) is 8.79. The van der Waals surface area contributed by atoms with Gasteiger partial charge in [-0.05, 0) is 24.1 Å². The van der Waals surface area contributed by atoms with Gasteiger partial charge in [0.2, 0.25) is 0 Å². The van der Waals surface area contributed by atoms with Gasteiger partial charge in [0.25, 0.3) is 0 Å². The van der Waals surface area contributed by atoms with Crippen LogP contribution in [0.5, 0.6) is 0 Å². The minimum Gasteiger partial charge on any atom is -0.465 e. The number of hydrogen-bond donors (Lipinski definition) is 1. The Kier molecular flexibility index (Phi) is 4.77. The summed E-state index contributed by atoms with van der Waals surface area (Å²) < 4.78 is 5.42. The van der Waals surface area contributed by atoms with Crippen LogP contribution in [0.3, 0.4) is 0 Å². The number of rotatable bonds is 4. The molecule has 2 atom stereocenters. The van der Waals surface area contributed by atoms with Crippen molar-refractivity contribution in [3.63, 3.8) is 0 Å². The molecule has 0 aliphatic carbocycles. The number of aliphatic imine (C=N–C) groups is 1. The summed E-state index contributed by atoms with van der Waals surface area (Å²) in [5.41, 5.74) is 3.20. The normalized spacial score (nSPS) is 18.5. The van der Waals surface area contributed by atoms with E-state index in [0.29, 0.717) is 23.2 Å². The van der Waals surface area contributed by atoms with E-state index >= 15 is 0 Å². The molecule has 0 saturated heterocycles. The summed E-state index contributed by atoms with van der Waals surface area (Å²) in [4.78, 5) is 17.8. The second-order valence-electron chi connectivity index (χ2n) is 6.27. The molecule has 136 valence electrons. The third-order valence-electron chi connectivity index (χ3n) is 4.69. The summed E-state index contributed by atoms with van der Waals surface area (Å²) in [7, 11) is 0. The fourth-order valence-corrected chi connectivity index (χ4v) is 3.79. The van der Waals surface area contributed by atoms with Crippen LogP contribution >= 0.6 is 11.6 Å². The van der Waals surface area contributed by atoms with Gasteiger partial charge in [0.15, 0.2) is 5.82 Å². The lowest BCUT2D eigenvalue weighted by molar-refractivity contribution is -0.145. The first kappa shape index (κ1) is 17.5. The Balaban J connectivity index is 1.94. The van der Waals surface area contributed by atoms with Crippen LogP contribution in [0.1, 0.15) is 29.5 Å². The van der Waals surface area contributed by atoms with Gasteiger partial charge >= 0.3 is 5.97 Å². The molecule has 1 aromatic heterocycles. The van der Waals surface area contributed by atoms with Crippen molar-refractivity contribution in [3.8, 4) is 0 Å². The average molecular weight is 380 g/mol. The van der Waals surface area contributed by atoms with Gasteiger partial charge in [-0.1, -0.05) is 60.1 Å². The Morgan fingerprint density at radius 1 is 1.11 bits per heavy atom. The number of aromatic amines is 1. The summed E-state index contributed by atoms with van der Waals surface area (Å²) in [6, 6.07) is 17.2. The van der Waals surface area contributed by atoms with E-state index < -0.39 is 5.92 Å². The molecule has 0 saturated carbocycles. The van der Waals surface area contributed by atoms with Crippen molar-refractivity contribution in [3.05, 3.63) is 82.5 Å². The predicted octanol–water partition coefficient (Wildman–Crippen LogP) is 4.51. The fraction of sp³-hybridized carbons (Fsp3) is 0.190. The van der Waals surface area contributed by atoms with E-state index in [0.717, 1.165) is 16.7 Å². The zero-order chi connectivity index (χ0) is 18.8. The molecule has 2 aromatic carbocycles. The van der Waals surface area contributed by atoms with Gasteiger partial charge in [-0.2, -0.15) is 5.10 Å². The lowest BCUT2D eigenvalue weighted by Crippen LogP contribution is -2.35. The number of benzene rings is 2. The van der Waals surface area contributed by atoms with Crippen molar-refractivity contribution in [2.45, 2.75) is 12.8 Å². The molecule has 3 aromatic rings. The highest BCUT2D eigenvalue weighted by atomic mass is 35.5. The third kappa shape index (κ3) is 3.15. The molecular weight excluding hydrogens is 362 g/mol. The Bertz CT molecular complexity index is 997. The third-order valence-corrected chi connectivity index (χ3v) is 5.04. The average Bonchev–Trinajstić information content (AvgIpc) is 3.16. The molecule has 0 spiro atoms. The molecule has 27 heavy (non-hydrogen) atoms. The summed E-state index contributed by atoms with van der Waals surface area (Å²) in [6.45, 7) is 2.10. The van der Waals surface area contributed by atoms with Crippen molar-refractivity contribution in [2.75, 3.05) is 6.61 Å². The first-order chi connectivity index (χ1) is 13.2. The van der Waals surface area contributed by atoms with Crippen molar-refractivity contribution in [1.82, 2.24) is 10.2 Å². The number of H-pyrrole nitrogens is 1. The van der Waals surface area contributed by atoms with E-state index in [4.69, 9.17) is 21.3 Å². The molecule has 1 N–H and O–H groups in total. The summed E-state index contributed by atoms with van der Waals surface area (Å²) in [6.07, 6.45) is 1.71. The largest absolute Gasteiger partial charge is 0.465 e. The zero-order valence-electron chi connectivity index (χ0n) is 14.7. The van der Waals surface area contributed by atoms with Crippen molar-refractivity contribution in [2.24, 2.45) is 10.9 Å². The second kappa shape index (κ2) is 7.37. The van der Waals surface area contributed by atoms with Gasteiger partial charge < -0.3 is 4.74 Å². The molecule has 0 bridgehead atoms. The maximum Gasteiger partial charge on any atom is 0.316 e. The first-order valence-corrected chi connectivity index (χ1v) is 9.16. The van der Waals surface area contributed by atoms with E-state index in [1.54, 1.807) is 13.1 Å². The predicted molar refractivity (Wildman–Crippen MR) is 105 cm³/mol. The van der Waals surface area contributed by atoms with Crippen LogP contribution in [0.25, 0.3) is 0 Å². The van der Waals surface area contributed by atoms with Gasteiger partial charge in [0.1, 0.15) is 5.92 Å². The number of halogens is 1.